The summed E-state index contributed by atoms with van der Waals surface area (Å²) in [5, 5.41) is 0. The van der Waals surface area contributed by atoms with Crippen molar-refractivity contribution in [3.05, 3.63) is 29.8 Å². The van der Waals surface area contributed by atoms with Gasteiger partial charge in [0.2, 0.25) is 0 Å². The molecule has 0 saturated heterocycles. The highest BCUT2D eigenvalue weighted by Gasteiger charge is 2.04. The van der Waals surface area contributed by atoms with Gasteiger partial charge in [-0.05, 0) is 30.5 Å². The maximum absolute atomic E-state index is 5.80. The van der Waals surface area contributed by atoms with Crippen molar-refractivity contribution in [2.75, 3.05) is 29.7 Å². The first-order chi connectivity index (χ1) is 8.31. The lowest BCUT2D eigenvalue weighted by Gasteiger charge is -2.23. The molecule has 0 spiro atoms. The van der Waals surface area contributed by atoms with Crippen molar-refractivity contribution in [3.63, 3.8) is 0 Å². The van der Waals surface area contributed by atoms with Crippen LogP contribution in [0.1, 0.15) is 25.3 Å². The zero-order valence-electron chi connectivity index (χ0n) is 10.5. The summed E-state index contributed by atoms with van der Waals surface area (Å²) < 4.78 is 0. The van der Waals surface area contributed by atoms with Crippen LogP contribution in [0.15, 0.2) is 24.3 Å². The van der Waals surface area contributed by atoms with Gasteiger partial charge in [0.15, 0.2) is 0 Å². The molecule has 0 heterocycles. The number of alkyl halides is 2. The molecular formula is C14H21Cl2N. The zero-order valence-corrected chi connectivity index (χ0v) is 12.0. The topological polar surface area (TPSA) is 3.24 Å². The van der Waals surface area contributed by atoms with Gasteiger partial charge < -0.3 is 4.90 Å². The molecule has 0 fully saturated rings. The number of aryl methyl sites for hydroxylation is 1. The predicted molar refractivity (Wildman–Crippen MR) is 78.7 cm³/mol. The molecule has 0 atom stereocenters. The number of rotatable bonds is 8. The third-order valence-corrected chi connectivity index (χ3v) is 3.17. The van der Waals surface area contributed by atoms with Crippen molar-refractivity contribution in [3.8, 4) is 0 Å². The van der Waals surface area contributed by atoms with Crippen LogP contribution in [-0.4, -0.2) is 24.8 Å². The van der Waals surface area contributed by atoms with E-state index >= 15 is 0 Å². The van der Waals surface area contributed by atoms with E-state index in [0.717, 1.165) is 13.1 Å². The van der Waals surface area contributed by atoms with E-state index in [-0.39, 0.29) is 0 Å². The van der Waals surface area contributed by atoms with Crippen LogP contribution in [0, 0.1) is 0 Å². The molecule has 1 rings (SSSR count). The highest BCUT2D eigenvalue weighted by atomic mass is 35.5. The van der Waals surface area contributed by atoms with Crippen molar-refractivity contribution in [2.24, 2.45) is 0 Å². The summed E-state index contributed by atoms with van der Waals surface area (Å²) >= 11 is 11.6. The minimum Gasteiger partial charge on any atom is -0.369 e. The molecule has 1 aromatic carbocycles. The monoisotopic (exact) mass is 273 g/mol. The molecule has 0 amide bonds. The predicted octanol–water partition coefficient (Wildman–Crippen LogP) is 4.31. The summed E-state index contributed by atoms with van der Waals surface area (Å²) in [7, 11) is 0. The molecule has 0 aliphatic heterocycles. The Morgan fingerprint density at radius 2 is 1.59 bits per heavy atom. The Morgan fingerprint density at radius 3 is 2.06 bits per heavy atom. The summed E-state index contributed by atoms with van der Waals surface area (Å²) in [5.41, 5.74) is 2.62. The average Bonchev–Trinajstić information content (AvgIpc) is 2.37. The molecule has 0 bridgehead atoms. The second-order valence-electron chi connectivity index (χ2n) is 4.14. The van der Waals surface area contributed by atoms with Crippen molar-refractivity contribution < 1.29 is 0 Å². The van der Waals surface area contributed by atoms with Crippen LogP contribution in [0.4, 0.5) is 5.69 Å². The Balaban J connectivity index is 2.63. The largest absolute Gasteiger partial charge is 0.369 e. The van der Waals surface area contributed by atoms with Gasteiger partial charge in [0, 0.05) is 30.5 Å². The maximum atomic E-state index is 5.80. The molecule has 0 radical (unpaired) electrons. The van der Waals surface area contributed by atoms with Gasteiger partial charge in [0.25, 0.3) is 0 Å². The van der Waals surface area contributed by atoms with Crippen LogP contribution < -0.4 is 4.90 Å². The van der Waals surface area contributed by atoms with Gasteiger partial charge in [-0.2, -0.15) is 0 Å². The van der Waals surface area contributed by atoms with Gasteiger partial charge in [0.1, 0.15) is 0 Å². The van der Waals surface area contributed by atoms with Crippen LogP contribution in [0.2, 0.25) is 0 Å². The van der Waals surface area contributed by atoms with E-state index < -0.39 is 0 Å². The van der Waals surface area contributed by atoms with E-state index in [9.17, 15) is 0 Å². The summed E-state index contributed by atoms with van der Waals surface area (Å²) in [6.45, 7) is 3.92. The molecule has 0 N–H and O–H groups in total. The lowest BCUT2D eigenvalue weighted by Crippen LogP contribution is -2.27. The summed E-state index contributed by atoms with van der Waals surface area (Å²) in [6, 6.07) is 8.76. The summed E-state index contributed by atoms with van der Waals surface area (Å²) in [4.78, 5) is 2.23. The number of nitrogens with zero attached hydrogens (tertiary/aromatic N) is 1. The van der Waals surface area contributed by atoms with Crippen molar-refractivity contribution in [1.82, 2.24) is 0 Å². The fourth-order valence-corrected chi connectivity index (χ4v) is 2.24. The van der Waals surface area contributed by atoms with E-state index in [4.69, 9.17) is 23.2 Å². The summed E-state index contributed by atoms with van der Waals surface area (Å²) in [6.07, 6.45) is 3.67. The second-order valence-corrected chi connectivity index (χ2v) is 4.89. The van der Waals surface area contributed by atoms with Gasteiger partial charge in [-0.25, -0.2) is 0 Å². The zero-order chi connectivity index (χ0) is 12.5. The van der Waals surface area contributed by atoms with Gasteiger partial charge in [-0.15, -0.1) is 23.2 Å². The standard InChI is InChI=1S/C14H21Cl2N/c1-2-3-4-13-5-7-14(8-6-13)17(11-9-15)12-10-16/h5-8H,2-4,9-12H2,1H3. The van der Waals surface area contributed by atoms with Gasteiger partial charge in [-0.3, -0.25) is 0 Å². The van der Waals surface area contributed by atoms with Crippen molar-refractivity contribution in [1.29, 1.82) is 0 Å². The lowest BCUT2D eigenvalue weighted by atomic mass is 10.1. The van der Waals surface area contributed by atoms with Gasteiger partial charge >= 0.3 is 0 Å². The molecule has 3 heteroatoms. The first-order valence-electron chi connectivity index (χ1n) is 6.27. The van der Waals surface area contributed by atoms with Crippen LogP contribution >= 0.6 is 23.2 Å². The van der Waals surface area contributed by atoms with Crippen molar-refractivity contribution >= 4 is 28.9 Å². The lowest BCUT2D eigenvalue weighted by molar-refractivity contribution is 0.794. The van der Waals surface area contributed by atoms with Crippen molar-refractivity contribution in [2.45, 2.75) is 26.2 Å². The molecule has 17 heavy (non-hydrogen) atoms. The van der Waals surface area contributed by atoms with Gasteiger partial charge in [0.05, 0.1) is 0 Å². The molecule has 0 aromatic heterocycles. The van der Waals surface area contributed by atoms with E-state index in [1.165, 1.54) is 30.5 Å². The van der Waals surface area contributed by atoms with E-state index in [1.54, 1.807) is 0 Å². The average molecular weight is 274 g/mol. The fourth-order valence-electron chi connectivity index (χ4n) is 1.83. The maximum Gasteiger partial charge on any atom is 0.0399 e. The first-order valence-corrected chi connectivity index (χ1v) is 7.34. The van der Waals surface area contributed by atoms with E-state index in [1.807, 2.05) is 0 Å². The van der Waals surface area contributed by atoms with E-state index in [2.05, 4.69) is 36.1 Å². The molecule has 0 unspecified atom stereocenters. The number of benzene rings is 1. The molecule has 0 aliphatic rings. The number of halogens is 2. The third kappa shape index (κ3) is 5.18. The molecule has 0 aliphatic carbocycles. The quantitative estimate of drug-likeness (QED) is 0.638. The minimum absolute atomic E-state index is 0.633. The number of unbranched alkanes of at least 4 members (excludes halogenated alkanes) is 1. The molecule has 1 aromatic rings. The Labute approximate surface area is 115 Å². The van der Waals surface area contributed by atoms with Crippen LogP contribution in [0.5, 0.6) is 0 Å². The molecule has 1 nitrogen and oxygen atoms in total. The molecule has 0 saturated carbocycles. The van der Waals surface area contributed by atoms with Gasteiger partial charge in [-0.1, -0.05) is 25.5 Å². The number of anilines is 1. The first kappa shape index (κ1) is 14.7. The van der Waals surface area contributed by atoms with E-state index in [0.29, 0.717) is 11.8 Å². The Kier molecular flexibility index (Phi) is 7.46. The highest BCUT2D eigenvalue weighted by Crippen LogP contribution is 2.16. The number of hydrogen-bond acceptors (Lipinski definition) is 1. The van der Waals surface area contributed by atoms with Crippen LogP contribution in [-0.2, 0) is 6.42 Å². The smallest absolute Gasteiger partial charge is 0.0399 e. The van der Waals surface area contributed by atoms with Crippen LogP contribution in [0.3, 0.4) is 0 Å². The summed E-state index contributed by atoms with van der Waals surface area (Å²) in [5.74, 6) is 1.27. The van der Waals surface area contributed by atoms with Crippen LogP contribution in [0.25, 0.3) is 0 Å². The fraction of sp³-hybridized carbons (Fsp3) is 0.571. The second kappa shape index (κ2) is 8.66. The third-order valence-electron chi connectivity index (χ3n) is 2.83. The normalized spacial score (nSPS) is 10.5. The highest BCUT2D eigenvalue weighted by molar-refractivity contribution is 6.18. The Hall–Kier alpha value is -0.400. The minimum atomic E-state index is 0.633. The molecular weight excluding hydrogens is 253 g/mol. The Morgan fingerprint density at radius 1 is 1.00 bits per heavy atom. The number of hydrogen-bond donors (Lipinski definition) is 0. The SMILES string of the molecule is CCCCc1ccc(N(CCCl)CCCl)cc1. The Bertz CT molecular complexity index is 292. The molecule has 96 valence electrons.